The minimum atomic E-state index is -3.51. The maximum absolute atomic E-state index is 12.5. The average Bonchev–Trinajstić information content (AvgIpc) is 2.59. The number of nitrogens with zero attached hydrogens (tertiary/aromatic N) is 2. The van der Waals surface area contributed by atoms with Crippen LogP contribution in [0.2, 0.25) is 0 Å². The quantitative estimate of drug-likeness (QED) is 0.782. The number of ether oxygens (including phenoxy) is 1. The molecular weight excluding hydrogens is 350 g/mol. The van der Waals surface area contributed by atoms with Crippen LogP contribution in [0.3, 0.4) is 0 Å². The van der Waals surface area contributed by atoms with E-state index in [1.807, 2.05) is 6.07 Å². The molecule has 1 N–H and O–H groups in total. The van der Waals surface area contributed by atoms with E-state index in [2.05, 4.69) is 14.6 Å². The first-order chi connectivity index (χ1) is 11.2. The highest BCUT2D eigenvalue weighted by Crippen LogP contribution is 2.21. The lowest BCUT2D eigenvalue weighted by Gasteiger charge is -2.26. The Hall–Kier alpha value is -1.25. The van der Waals surface area contributed by atoms with Crippen molar-refractivity contribution in [2.45, 2.75) is 11.3 Å². The number of nitrogens with one attached hydrogen (secondary N) is 1. The molecule has 0 radical (unpaired) electrons. The first-order valence-electron chi connectivity index (χ1n) is 7.79. The maximum atomic E-state index is 12.5. The Labute approximate surface area is 148 Å². The lowest BCUT2D eigenvalue weighted by atomic mass is 10.2. The van der Waals surface area contributed by atoms with Crippen molar-refractivity contribution in [2.75, 3.05) is 39.4 Å². The van der Waals surface area contributed by atoms with Crippen molar-refractivity contribution in [3.8, 4) is 0 Å². The lowest BCUT2D eigenvalue weighted by Crippen LogP contribution is -2.38. The van der Waals surface area contributed by atoms with Crippen LogP contribution in [0.4, 0.5) is 0 Å². The Balaban J connectivity index is 0.00000208. The Morgan fingerprint density at radius 2 is 2.00 bits per heavy atom. The van der Waals surface area contributed by atoms with Crippen molar-refractivity contribution in [1.29, 1.82) is 0 Å². The number of rotatable bonds is 6. The van der Waals surface area contributed by atoms with Gasteiger partial charge in [0, 0.05) is 42.8 Å². The molecule has 6 nitrogen and oxygen atoms in total. The van der Waals surface area contributed by atoms with Crippen LogP contribution in [-0.4, -0.2) is 57.7 Å². The molecule has 132 valence electrons. The van der Waals surface area contributed by atoms with Gasteiger partial charge in [0.25, 0.3) is 0 Å². The molecule has 0 spiro atoms. The summed E-state index contributed by atoms with van der Waals surface area (Å²) < 4.78 is 33.1. The summed E-state index contributed by atoms with van der Waals surface area (Å²) >= 11 is 0. The molecule has 1 aromatic heterocycles. The molecule has 24 heavy (non-hydrogen) atoms. The monoisotopic (exact) mass is 371 g/mol. The molecule has 1 aliphatic rings. The largest absolute Gasteiger partial charge is 0.379 e. The molecular formula is C16H22ClN3O3S. The number of morpholine rings is 1. The maximum Gasteiger partial charge on any atom is 0.241 e. The molecule has 0 atom stereocenters. The topological polar surface area (TPSA) is 71.5 Å². The van der Waals surface area contributed by atoms with Crippen molar-refractivity contribution in [3.05, 3.63) is 36.7 Å². The van der Waals surface area contributed by atoms with E-state index in [1.54, 1.807) is 30.6 Å². The number of hydrogen-bond acceptors (Lipinski definition) is 5. The number of halogens is 1. The van der Waals surface area contributed by atoms with Gasteiger partial charge in [0.2, 0.25) is 10.0 Å². The average molecular weight is 372 g/mol. The van der Waals surface area contributed by atoms with E-state index in [1.165, 1.54) is 0 Å². The fourth-order valence-corrected chi connectivity index (χ4v) is 4.04. The summed E-state index contributed by atoms with van der Waals surface area (Å²) in [6.45, 7) is 4.67. The van der Waals surface area contributed by atoms with Crippen LogP contribution < -0.4 is 4.72 Å². The molecule has 1 aromatic carbocycles. The summed E-state index contributed by atoms with van der Waals surface area (Å²) in [7, 11) is -3.51. The number of pyridine rings is 1. The minimum absolute atomic E-state index is 0. The molecule has 1 aliphatic heterocycles. The third-order valence-corrected chi connectivity index (χ3v) is 5.50. The number of sulfonamides is 1. The van der Waals surface area contributed by atoms with Crippen molar-refractivity contribution < 1.29 is 13.2 Å². The molecule has 0 bridgehead atoms. The second-order valence-electron chi connectivity index (χ2n) is 5.56. The van der Waals surface area contributed by atoms with Crippen molar-refractivity contribution in [2.24, 2.45) is 0 Å². The molecule has 0 amide bonds. The van der Waals surface area contributed by atoms with Crippen LogP contribution in [0.5, 0.6) is 0 Å². The molecule has 2 aromatic rings. The van der Waals surface area contributed by atoms with E-state index in [4.69, 9.17) is 4.74 Å². The highest BCUT2D eigenvalue weighted by molar-refractivity contribution is 7.89. The van der Waals surface area contributed by atoms with Crippen molar-refractivity contribution in [1.82, 2.24) is 14.6 Å². The van der Waals surface area contributed by atoms with Gasteiger partial charge >= 0.3 is 0 Å². The highest BCUT2D eigenvalue weighted by Gasteiger charge is 2.17. The normalized spacial score (nSPS) is 16.0. The van der Waals surface area contributed by atoms with E-state index in [-0.39, 0.29) is 12.4 Å². The fraction of sp³-hybridized carbons (Fsp3) is 0.438. The van der Waals surface area contributed by atoms with Crippen LogP contribution in [0, 0.1) is 0 Å². The van der Waals surface area contributed by atoms with Crippen molar-refractivity contribution >= 4 is 33.2 Å². The predicted octanol–water partition coefficient (Wildman–Crippen LogP) is 1.66. The highest BCUT2D eigenvalue weighted by atomic mass is 35.5. The molecule has 2 heterocycles. The van der Waals surface area contributed by atoms with Crippen LogP contribution in [0.25, 0.3) is 10.8 Å². The van der Waals surface area contributed by atoms with Gasteiger partial charge in [-0.3, -0.25) is 9.88 Å². The molecule has 0 unspecified atom stereocenters. The summed E-state index contributed by atoms with van der Waals surface area (Å²) in [4.78, 5) is 6.63. The fourth-order valence-electron chi connectivity index (χ4n) is 2.74. The van der Waals surface area contributed by atoms with Gasteiger partial charge < -0.3 is 4.74 Å². The first kappa shape index (κ1) is 19.1. The molecule has 3 rings (SSSR count). The minimum Gasteiger partial charge on any atom is -0.379 e. The van der Waals surface area contributed by atoms with Crippen LogP contribution in [0.1, 0.15) is 6.42 Å². The van der Waals surface area contributed by atoms with Crippen LogP contribution in [0.15, 0.2) is 41.6 Å². The number of aromatic nitrogens is 1. The molecule has 8 heteroatoms. The standard InChI is InChI=1S/C16H21N3O3S.ClH/c20-23(21,18-6-2-8-19-9-11-22-12-10-19)16-4-1-3-14-13-17-7-5-15(14)16;/h1,3-5,7,13,18H,2,6,8-12H2;1H. The zero-order valence-corrected chi connectivity index (χ0v) is 15.0. The molecule has 1 saturated heterocycles. The van der Waals surface area contributed by atoms with Gasteiger partial charge in [0.05, 0.1) is 18.1 Å². The molecule has 0 aliphatic carbocycles. The second-order valence-corrected chi connectivity index (χ2v) is 7.29. The SMILES string of the molecule is Cl.O=S(=O)(NCCCN1CCOCC1)c1cccc2cnccc12. The molecule has 1 fully saturated rings. The smallest absolute Gasteiger partial charge is 0.241 e. The van der Waals surface area contributed by atoms with Gasteiger partial charge in [0.15, 0.2) is 0 Å². The third-order valence-electron chi connectivity index (χ3n) is 3.98. The predicted molar refractivity (Wildman–Crippen MR) is 96.1 cm³/mol. The summed E-state index contributed by atoms with van der Waals surface area (Å²) in [5.74, 6) is 0. The van der Waals surface area contributed by atoms with Gasteiger partial charge in [-0.1, -0.05) is 12.1 Å². The summed E-state index contributed by atoms with van der Waals surface area (Å²) in [5, 5.41) is 1.52. The summed E-state index contributed by atoms with van der Waals surface area (Å²) in [6.07, 6.45) is 4.07. The van der Waals surface area contributed by atoms with E-state index >= 15 is 0 Å². The van der Waals surface area contributed by atoms with E-state index in [0.717, 1.165) is 44.7 Å². The lowest BCUT2D eigenvalue weighted by molar-refractivity contribution is 0.0376. The molecule has 0 saturated carbocycles. The van der Waals surface area contributed by atoms with Crippen molar-refractivity contribution in [3.63, 3.8) is 0 Å². The second kappa shape index (κ2) is 8.73. The summed E-state index contributed by atoms with van der Waals surface area (Å²) in [5.41, 5.74) is 0. The zero-order chi connectivity index (χ0) is 16.1. The Kier molecular flexibility index (Phi) is 6.94. The van der Waals surface area contributed by atoms with Gasteiger partial charge in [-0.15, -0.1) is 12.4 Å². The Morgan fingerprint density at radius 3 is 2.79 bits per heavy atom. The number of benzene rings is 1. The Morgan fingerprint density at radius 1 is 1.21 bits per heavy atom. The van der Waals surface area contributed by atoms with Gasteiger partial charge in [-0.05, 0) is 25.1 Å². The van der Waals surface area contributed by atoms with E-state index in [0.29, 0.717) is 16.8 Å². The Bertz CT molecular complexity index is 759. The number of fused-ring (bicyclic) bond motifs is 1. The van der Waals surface area contributed by atoms with Gasteiger partial charge in [0.1, 0.15) is 0 Å². The van der Waals surface area contributed by atoms with Gasteiger partial charge in [-0.25, -0.2) is 13.1 Å². The first-order valence-corrected chi connectivity index (χ1v) is 9.28. The third kappa shape index (κ3) is 4.64. The zero-order valence-electron chi connectivity index (χ0n) is 13.3. The van der Waals surface area contributed by atoms with Crippen LogP contribution >= 0.6 is 12.4 Å². The summed E-state index contributed by atoms with van der Waals surface area (Å²) in [6, 6.07) is 6.97. The number of hydrogen-bond donors (Lipinski definition) is 1. The van der Waals surface area contributed by atoms with Gasteiger partial charge in [-0.2, -0.15) is 0 Å². The van der Waals surface area contributed by atoms with E-state index < -0.39 is 10.0 Å². The van der Waals surface area contributed by atoms with Crippen LogP contribution in [-0.2, 0) is 14.8 Å². The van der Waals surface area contributed by atoms with E-state index in [9.17, 15) is 8.42 Å².